The van der Waals surface area contributed by atoms with E-state index in [1.165, 1.54) is 6.04 Å². The topological polar surface area (TPSA) is 37.9 Å². The molecular formula is C9H17N2OSi. The fourth-order valence-corrected chi connectivity index (χ4v) is 1.64. The van der Waals surface area contributed by atoms with Crippen LogP contribution in [0.2, 0.25) is 25.7 Å². The van der Waals surface area contributed by atoms with Crippen molar-refractivity contribution in [2.45, 2.75) is 32.3 Å². The van der Waals surface area contributed by atoms with Crippen LogP contribution in [0.3, 0.4) is 0 Å². The second-order valence-electron chi connectivity index (χ2n) is 4.37. The Morgan fingerprint density at radius 1 is 1.54 bits per heavy atom. The van der Waals surface area contributed by atoms with Gasteiger partial charge in [-0.2, -0.15) is 0 Å². The minimum Gasteiger partial charge on any atom is -0.375 e. The van der Waals surface area contributed by atoms with E-state index >= 15 is 0 Å². The molecule has 1 aromatic rings. The number of imidazole rings is 1. The maximum absolute atomic E-state index is 5.49. The van der Waals surface area contributed by atoms with Gasteiger partial charge in [0.15, 0.2) is 6.33 Å². The van der Waals surface area contributed by atoms with E-state index in [4.69, 9.17) is 4.74 Å². The third-order valence-electron chi connectivity index (χ3n) is 1.75. The third kappa shape index (κ3) is 4.85. The lowest BCUT2D eigenvalue weighted by Gasteiger charge is -2.14. The van der Waals surface area contributed by atoms with Crippen LogP contribution in [0.5, 0.6) is 0 Å². The number of nitrogens with zero attached hydrogens (tertiary/aromatic N) is 1. The van der Waals surface area contributed by atoms with Crippen molar-refractivity contribution in [1.82, 2.24) is 9.97 Å². The van der Waals surface area contributed by atoms with E-state index in [0.29, 0.717) is 6.61 Å². The molecule has 13 heavy (non-hydrogen) atoms. The molecule has 0 unspecified atom stereocenters. The molecule has 73 valence electrons. The number of hydrogen-bond donors (Lipinski definition) is 1. The highest BCUT2D eigenvalue weighted by molar-refractivity contribution is 6.76. The molecule has 3 nitrogen and oxygen atoms in total. The first-order valence-electron chi connectivity index (χ1n) is 4.56. The average molecular weight is 197 g/mol. The minimum atomic E-state index is -0.940. The Labute approximate surface area is 80.5 Å². The lowest BCUT2D eigenvalue weighted by atomic mass is 10.5. The Morgan fingerprint density at radius 3 is 2.85 bits per heavy atom. The van der Waals surface area contributed by atoms with Gasteiger partial charge in [-0.25, -0.2) is 4.98 Å². The maximum atomic E-state index is 5.49. The molecule has 1 heterocycles. The predicted molar refractivity (Wildman–Crippen MR) is 55.2 cm³/mol. The van der Waals surface area contributed by atoms with Crippen molar-refractivity contribution in [3.05, 3.63) is 18.2 Å². The Kier molecular flexibility index (Phi) is 3.68. The van der Waals surface area contributed by atoms with E-state index in [9.17, 15) is 0 Å². The highest BCUT2D eigenvalue weighted by Crippen LogP contribution is 2.08. The summed E-state index contributed by atoms with van der Waals surface area (Å²) < 4.78 is 5.49. The molecule has 0 spiro atoms. The summed E-state index contributed by atoms with van der Waals surface area (Å²) in [5, 5.41) is 0. The van der Waals surface area contributed by atoms with Gasteiger partial charge in [0.2, 0.25) is 0 Å². The Bertz CT molecular complexity index is 228. The Balaban J connectivity index is 2.09. The van der Waals surface area contributed by atoms with E-state index in [1.54, 1.807) is 0 Å². The quantitative estimate of drug-likeness (QED) is 0.579. The van der Waals surface area contributed by atoms with Gasteiger partial charge in [-0.05, 0) is 6.04 Å². The summed E-state index contributed by atoms with van der Waals surface area (Å²) in [7, 11) is -0.940. The monoisotopic (exact) mass is 197 g/mol. The number of aromatic amines is 1. The van der Waals surface area contributed by atoms with Gasteiger partial charge >= 0.3 is 0 Å². The third-order valence-corrected chi connectivity index (χ3v) is 3.45. The van der Waals surface area contributed by atoms with Crippen LogP contribution in [0.4, 0.5) is 0 Å². The zero-order chi connectivity index (χ0) is 9.73. The highest BCUT2D eigenvalue weighted by atomic mass is 28.3. The summed E-state index contributed by atoms with van der Waals surface area (Å²) in [5.41, 5.74) is 0.926. The first-order valence-corrected chi connectivity index (χ1v) is 8.27. The molecule has 0 bridgehead atoms. The van der Waals surface area contributed by atoms with Crippen molar-refractivity contribution in [3.63, 3.8) is 0 Å². The molecule has 1 radical (unpaired) electrons. The molecule has 1 aromatic heterocycles. The molecule has 1 N–H and O–H groups in total. The lowest BCUT2D eigenvalue weighted by molar-refractivity contribution is 0.131. The summed E-state index contributed by atoms with van der Waals surface area (Å²) in [5.74, 6) is 0. The highest BCUT2D eigenvalue weighted by Gasteiger charge is 2.11. The van der Waals surface area contributed by atoms with Crippen LogP contribution in [0.25, 0.3) is 0 Å². The van der Waals surface area contributed by atoms with Crippen molar-refractivity contribution in [1.29, 1.82) is 0 Å². The molecule has 1 rings (SSSR count). The fraction of sp³-hybridized carbons (Fsp3) is 0.667. The predicted octanol–water partition coefficient (Wildman–Crippen LogP) is 2.06. The molecule has 0 aromatic carbocycles. The second kappa shape index (κ2) is 4.57. The minimum absolute atomic E-state index is 0.602. The summed E-state index contributed by atoms with van der Waals surface area (Å²) in [6, 6.07) is 1.21. The van der Waals surface area contributed by atoms with Crippen LogP contribution in [0, 0.1) is 6.33 Å². The van der Waals surface area contributed by atoms with Gasteiger partial charge < -0.3 is 9.72 Å². The van der Waals surface area contributed by atoms with Gasteiger partial charge in [0, 0.05) is 20.9 Å². The van der Waals surface area contributed by atoms with Crippen LogP contribution < -0.4 is 0 Å². The van der Waals surface area contributed by atoms with Gasteiger partial charge in [0.25, 0.3) is 0 Å². The first-order chi connectivity index (χ1) is 6.08. The van der Waals surface area contributed by atoms with Crippen LogP contribution in [0.1, 0.15) is 5.69 Å². The van der Waals surface area contributed by atoms with Gasteiger partial charge in [0.05, 0.1) is 12.3 Å². The smallest absolute Gasteiger partial charge is 0.173 e. The number of aromatic nitrogens is 2. The van der Waals surface area contributed by atoms with E-state index in [2.05, 4.69) is 35.9 Å². The molecule has 4 heteroatoms. The molecule has 0 saturated carbocycles. The summed E-state index contributed by atoms with van der Waals surface area (Å²) in [4.78, 5) is 6.74. The molecule has 0 aliphatic carbocycles. The number of hydrogen-bond acceptors (Lipinski definition) is 2. The summed E-state index contributed by atoms with van der Waals surface area (Å²) in [6.07, 6.45) is 4.45. The average Bonchev–Trinajstić information content (AvgIpc) is 2.48. The number of ether oxygens (including phenoxy) is 1. The van der Waals surface area contributed by atoms with Crippen molar-refractivity contribution in [3.8, 4) is 0 Å². The Hall–Kier alpha value is -0.613. The zero-order valence-electron chi connectivity index (χ0n) is 8.55. The van der Waals surface area contributed by atoms with Gasteiger partial charge in [-0.15, -0.1) is 0 Å². The van der Waals surface area contributed by atoms with Crippen molar-refractivity contribution in [2.75, 3.05) is 6.61 Å². The second-order valence-corrected chi connectivity index (χ2v) is 9.99. The number of H-pyrrole nitrogens is 1. The SMILES string of the molecule is C[Si](C)(C)CCOCc1c[nH][c]n1. The molecule has 0 aliphatic heterocycles. The van der Waals surface area contributed by atoms with Gasteiger partial charge in [-0.1, -0.05) is 19.6 Å². The normalized spacial score (nSPS) is 11.9. The van der Waals surface area contributed by atoms with E-state index in [-0.39, 0.29) is 0 Å². The zero-order valence-corrected chi connectivity index (χ0v) is 9.55. The molecule has 0 amide bonds. The van der Waals surface area contributed by atoms with E-state index in [0.717, 1.165) is 12.3 Å². The lowest BCUT2D eigenvalue weighted by Crippen LogP contribution is -2.21. The molecule has 0 aliphatic rings. The van der Waals surface area contributed by atoms with Crippen molar-refractivity contribution in [2.24, 2.45) is 0 Å². The first kappa shape index (κ1) is 10.5. The van der Waals surface area contributed by atoms with Crippen LogP contribution in [0.15, 0.2) is 6.20 Å². The maximum Gasteiger partial charge on any atom is 0.173 e. The van der Waals surface area contributed by atoms with Gasteiger partial charge in [-0.3, -0.25) is 0 Å². The van der Waals surface area contributed by atoms with E-state index < -0.39 is 8.07 Å². The molecule has 0 saturated heterocycles. The Morgan fingerprint density at radius 2 is 2.31 bits per heavy atom. The van der Waals surface area contributed by atoms with Crippen molar-refractivity contribution < 1.29 is 4.74 Å². The fourth-order valence-electron chi connectivity index (χ4n) is 0.881. The van der Waals surface area contributed by atoms with Crippen LogP contribution in [-0.4, -0.2) is 24.6 Å². The summed E-state index contributed by atoms with van der Waals surface area (Å²) in [6.45, 7) is 8.49. The molecule has 0 atom stereocenters. The summed E-state index contributed by atoms with van der Waals surface area (Å²) >= 11 is 0. The number of rotatable bonds is 5. The van der Waals surface area contributed by atoms with E-state index in [1.807, 2.05) is 6.20 Å². The molecule has 0 fully saturated rings. The number of nitrogens with one attached hydrogen (secondary N) is 1. The van der Waals surface area contributed by atoms with Crippen molar-refractivity contribution >= 4 is 8.07 Å². The standard InChI is InChI=1S/C9H17N2OSi/c1-13(2,3)5-4-12-7-9-6-10-8-11-9/h6H,4-5,7H2,1-3H3,(H,10,11). The van der Waals surface area contributed by atoms with Gasteiger partial charge in [0.1, 0.15) is 0 Å². The van der Waals surface area contributed by atoms with Crippen LogP contribution in [-0.2, 0) is 11.3 Å². The van der Waals surface area contributed by atoms with Crippen LogP contribution >= 0.6 is 0 Å². The molecular weight excluding hydrogens is 180 g/mol. The largest absolute Gasteiger partial charge is 0.375 e.